The van der Waals surface area contributed by atoms with Gasteiger partial charge in [0.15, 0.2) is 6.61 Å². The number of ether oxygens (including phenoxy) is 1. The predicted octanol–water partition coefficient (Wildman–Crippen LogP) is 2.71. The van der Waals surface area contributed by atoms with Gasteiger partial charge >= 0.3 is 5.97 Å². The summed E-state index contributed by atoms with van der Waals surface area (Å²) < 4.78 is 5.10. The number of para-hydroxylation sites is 1. The van der Waals surface area contributed by atoms with Gasteiger partial charge in [-0.3, -0.25) is 24.1 Å². The van der Waals surface area contributed by atoms with Gasteiger partial charge in [-0.15, -0.1) is 0 Å². The molecule has 3 amide bonds. The van der Waals surface area contributed by atoms with Gasteiger partial charge in [-0.25, -0.2) is 0 Å². The third kappa shape index (κ3) is 3.98. The highest BCUT2D eigenvalue weighted by Gasteiger charge is 2.60. The van der Waals surface area contributed by atoms with Crippen LogP contribution in [-0.4, -0.2) is 41.7 Å². The largest absolute Gasteiger partial charge is 0.456 e. The second-order valence-corrected chi connectivity index (χ2v) is 8.83. The number of fused-ring (bicyclic) bond motifs is 5. The lowest BCUT2D eigenvalue weighted by Crippen LogP contribution is -2.35. The van der Waals surface area contributed by atoms with Crippen molar-refractivity contribution in [2.75, 3.05) is 18.5 Å². The Balaban J connectivity index is 1.26. The molecule has 1 N–H and O–H groups in total. The average molecular weight is 427 g/mol. The van der Waals surface area contributed by atoms with Crippen molar-refractivity contribution in [1.82, 2.24) is 4.90 Å². The molecule has 1 aromatic carbocycles. The summed E-state index contributed by atoms with van der Waals surface area (Å²) in [5.41, 5.74) is 2.84. The standard InChI is InChI=1S/C24H30N2O5/c1-3-14-6-5-7-15(4-2)22(14)25-18(27)13-31-19(28)10-11-26-23(29)20-16-8-9-17(12-16)21(20)24(26)30/h5-7,16-17,20-21H,3-4,8-13H2,1-2H3,(H,25,27)/t16-,17-,20+,21+/m0/s1. The number of nitrogens with one attached hydrogen (secondary N) is 1. The van der Waals surface area contributed by atoms with Crippen molar-refractivity contribution >= 4 is 29.4 Å². The Morgan fingerprint density at radius 2 is 1.61 bits per heavy atom. The van der Waals surface area contributed by atoms with Crippen LogP contribution >= 0.6 is 0 Å². The quantitative estimate of drug-likeness (QED) is 0.510. The van der Waals surface area contributed by atoms with Crippen molar-refractivity contribution in [2.45, 2.75) is 52.4 Å². The van der Waals surface area contributed by atoms with Crippen molar-refractivity contribution in [2.24, 2.45) is 23.7 Å². The molecule has 2 saturated carbocycles. The predicted molar refractivity (Wildman–Crippen MR) is 114 cm³/mol. The lowest BCUT2D eigenvalue weighted by molar-refractivity contribution is -0.149. The Morgan fingerprint density at radius 3 is 2.16 bits per heavy atom. The van der Waals surface area contributed by atoms with E-state index in [4.69, 9.17) is 4.74 Å². The number of carbonyl (C=O) groups is 4. The number of esters is 1. The fraction of sp³-hybridized carbons (Fsp3) is 0.583. The number of likely N-dealkylation sites (tertiary alicyclic amines) is 1. The van der Waals surface area contributed by atoms with Crippen molar-refractivity contribution < 1.29 is 23.9 Å². The van der Waals surface area contributed by atoms with Gasteiger partial charge in [0.05, 0.1) is 18.3 Å². The Kier molecular flexibility index (Phi) is 6.12. The smallest absolute Gasteiger partial charge is 0.308 e. The molecule has 4 atom stereocenters. The maximum Gasteiger partial charge on any atom is 0.308 e. The topological polar surface area (TPSA) is 92.8 Å². The highest BCUT2D eigenvalue weighted by Crippen LogP contribution is 2.56. The number of imide groups is 1. The van der Waals surface area contributed by atoms with E-state index in [0.717, 1.165) is 48.9 Å². The Labute approximate surface area is 182 Å². The number of hydrogen-bond donors (Lipinski definition) is 1. The van der Waals surface area contributed by atoms with Crippen LogP contribution in [0.2, 0.25) is 0 Å². The molecule has 31 heavy (non-hydrogen) atoms. The van der Waals surface area contributed by atoms with Gasteiger partial charge in [0.1, 0.15) is 0 Å². The third-order valence-electron chi connectivity index (χ3n) is 7.19. The highest BCUT2D eigenvalue weighted by molar-refractivity contribution is 6.06. The van der Waals surface area contributed by atoms with Gasteiger partial charge in [-0.2, -0.15) is 0 Å². The third-order valence-corrected chi connectivity index (χ3v) is 7.19. The highest BCUT2D eigenvalue weighted by atomic mass is 16.5. The molecule has 7 heteroatoms. The van der Waals surface area contributed by atoms with Crippen LogP contribution in [0.1, 0.15) is 50.7 Å². The van der Waals surface area contributed by atoms with Gasteiger partial charge in [-0.05, 0) is 55.1 Å². The first-order valence-corrected chi connectivity index (χ1v) is 11.4. The molecule has 0 aromatic heterocycles. The number of aryl methyl sites for hydroxylation is 2. The minimum atomic E-state index is -0.588. The zero-order valence-corrected chi connectivity index (χ0v) is 18.2. The first-order chi connectivity index (χ1) is 14.9. The lowest BCUT2D eigenvalue weighted by Gasteiger charge is -2.19. The second kappa shape index (κ2) is 8.81. The van der Waals surface area contributed by atoms with Crippen LogP contribution in [0.4, 0.5) is 5.69 Å². The molecule has 7 nitrogen and oxygen atoms in total. The molecule has 166 valence electrons. The maximum absolute atomic E-state index is 12.7. The van der Waals surface area contributed by atoms with Gasteiger partial charge in [0.25, 0.3) is 5.91 Å². The zero-order valence-electron chi connectivity index (χ0n) is 18.2. The van der Waals surface area contributed by atoms with E-state index in [1.807, 2.05) is 32.0 Å². The van der Waals surface area contributed by atoms with E-state index in [0.29, 0.717) is 11.8 Å². The van der Waals surface area contributed by atoms with Crippen LogP contribution in [0.5, 0.6) is 0 Å². The molecule has 4 rings (SSSR count). The average Bonchev–Trinajstić information content (AvgIpc) is 3.45. The summed E-state index contributed by atoms with van der Waals surface area (Å²) in [6, 6.07) is 5.90. The van der Waals surface area contributed by atoms with Gasteiger partial charge in [-0.1, -0.05) is 32.0 Å². The van der Waals surface area contributed by atoms with E-state index >= 15 is 0 Å². The first-order valence-electron chi connectivity index (χ1n) is 11.4. The lowest BCUT2D eigenvalue weighted by atomic mass is 9.81. The van der Waals surface area contributed by atoms with Gasteiger partial charge < -0.3 is 10.1 Å². The first kappa shape index (κ1) is 21.5. The van der Waals surface area contributed by atoms with Crippen LogP contribution in [0.15, 0.2) is 18.2 Å². The number of nitrogens with zero attached hydrogens (tertiary/aromatic N) is 1. The number of amides is 3. The molecule has 2 aliphatic carbocycles. The van der Waals surface area contributed by atoms with Crippen molar-refractivity contribution in [3.05, 3.63) is 29.3 Å². The summed E-state index contributed by atoms with van der Waals surface area (Å²) in [5, 5.41) is 2.86. The molecule has 1 saturated heterocycles. The van der Waals surface area contributed by atoms with Gasteiger partial charge in [0, 0.05) is 12.2 Å². The van der Waals surface area contributed by atoms with E-state index in [-0.39, 0.29) is 36.6 Å². The Morgan fingerprint density at radius 1 is 1.03 bits per heavy atom. The maximum atomic E-state index is 12.7. The molecule has 1 heterocycles. The molecule has 3 aliphatic rings. The van der Waals surface area contributed by atoms with E-state index < -0.39 is 18.5 Å². The van der Waals surface area contributed by atoms with Crippen LogP contribution in [-0.2, 0) is 36.8 Å². The Hall–Kier alpha value is -2.70. The fourth-order valence-corrected chi connectivity index (χ4v) is 5.69. The van der Waals surface area contributed by atoms with E-state index in [1.165, 1.54) is 4.90 Å². The number of anilines is 1. The number of hydrogen-bond acceptors (Lipinski definition) is 5. The summed E-state index contributed by atoms with van der Waals surface area (Å²) >= 11 is 0. The van der Waals surface area contributed by atoms with E-state index in [2.05, 4.69) is 5.32 Å². The normalized spacial score (nSPS) is 26.3. The molecule has 0 unspecified atom stereocenters. The minimum Gasteiger partial charge on any atom is -0.456 e. The number of rotatable bonds is 8. The van der Waals surface area contributed by atoms with Crippen LogP contribution < -0.4 is 5.32 Å². The molecular formula is C24H30N2O5. The molecule has 0 spiro atoms. The molecule has 0 radical (unpaired) electrons. The zero-order chi connectivity index (χ0) is 22.1. The molecule has 1 aliphatic heterocycles. The fourth-order valence-electron chi connectivity index (χ4n) is 5.69. The minimum absolute atomic E-state index is 0.0310. The van der Waals surface area contributed by atoms with Crippen LogP contribution in [0.3, 0.4) is 0 Å². The molecule has 1 aromatic rings. The summed E-state index contributed by atoms with van der Waals surface area (Å²) in [6.07, 6.45) is 4.51. The second-order valence-electron chi connectivity index (χ2n) is 8.83. The summed E-state index contributed by atoms with van der Waals surface area (Å²) in [5.74, 6) is -0.957. The van der Waals surface area contributed by atoms with E-state index in [1.54, 1.807) is 0 Å². The molecule has 2 bridgehead atoms. The van der Waals surface area contributed by atoms with Crippen molar-refractivity contribution in [1.29, 1.82) is 0 Å². The molecule has 3 fully saturated rings. The summed E-state index contributed by atoms with van der Waals surface area (Å²) in [6.45, 7) is 3.68. The van der Waals surface area contributed by atoms with Gasteiger partial charge in [0.2, 0.25) is 11.8 Å². The number of benzene rings is 1. The monoisotopic (exact) mass is 426 g/mol. The number of carbonyl (C=O) groups excluding carboxylic acids is 4. The SMILES string of the molecule is CCc1cccc(CC)c1NC(=O)COC(=O)CCN1C(=O)[C@@H]2[C@H]3CC[C@@H](C3)[C@H]2C1=O. The summed E-state index contributed by atoms with van der Waals surface area (Å²) in [4.78, 5) is 51.1. The van der Waals surface area contributed by atoms with Crippen LogP contribution in [0, 0.1) is 23.7 Å². The van der Waals surface area contributed by atoms with Crippen molar-refractivity contribution in [3.8, 4) is 0 Å². The van der Waals surface area contributed by atoms with Crippen molar-refractivity contribution in [3.63, 3.8) is 0 Å². The summed E-state index contributed by atoms with van der Waals surface area (Å²) in [7, 11) is 0. The molecular weight excluding hydrogens is 396 g/mol. The van der Waals surface area contributed by atoms with Crippen LogP contribution in [0.25, 0.3) is 0 Å². The Bertz CT molecular complexity index is 861. The van der Waals surface area contributed by atoms with E-state index in [9.17, 15) is 19.2 Å².